The van der Waals surface area contributed by atoms with E-state index in [-0.39, 0.29) is 45.5 Å². The van der Waals surface area contributed by atoms with Crippen molar-refractivity contribution in [2.45, 2.75) is 51.6 Å². The van der Waals surface area contributed by atoms with Gasteiger partial charge in [-0.25, -0.2) is 8.42 Å². The van der Waals surface area contributed by atoms with Gasteiger partial charge in [-0.15, -0.1) is 0 Å². The van der Waals surface area contributed by atoms with E-state index in [2.05, 4.69) is 5.32 Å². The van der Waals surface area contributed by atoms with Crippen molar-refractivity contribution in [3.05, 3.63) is 76.8 Å². The number of ether oxygens (including phenoxy) is 3. The van der Waals surface area contributed by atoms with Gasteiger partial charge in [-0.3, -0.25) is 13.9 Å². The van der Waals surface area contributed by atoms with Crippen LogP contribution in [-0.2, 0) is 26.2 Å². The maximum absolute atomic E-state index is 14.4. The number of carbonyl (C=O) groups excluding carboxylic acids is 2. The van der Waals surface area contributed by atoms with Crippen molar-refractivity contribution < 1.29 is 32.2 Å². The summed E-state index contributed by atoms with van der Waals surface area (Å²) in [6.07, 6.45) is 0.310. The second-order valence-electron chi connectivity index (χ2n) is 10.9. The lowest BCUT2D eigenvalue weighted by atomic mass is 10.1. The molecule has 0 spiro atoms. The summed E-state index contributed by atoms with van der Waals surface area (Å²) >= 11 is 6.33. The van der Waals surface area contributed by atoms with E-state index in [1.165, 1.54) is 56.6 Å². The summed E-state index contributed by atoms with van der Waals surface area (Å²) in [5.41, 5.74) is 1.89. The largest absolute Gasteiger partial charge is 0.495 e. The zero-order chi connectivity index (χ0) is 33.3. The normalized spacial score (nSPS) is 11.9. The number of anilines is 1. The molecule has 3 aromatic rings. The van der Waals surface area contributed by atoms with Gasteiger partial charge >= 0.3 is 0 Å². The number of benzene rings is 3. The average Bonchev–Trinajstić information content (AvgIpc) is 3.02. The molecule has 0 aliphatic rings. The molecule has 2 amide bonds. The highest BCUT2D eigenvalue weighted by atomic mass is 35.5. The number of sulfonamides is 1. The molecule has 0 aliphatic heterocycles. The minimum absolute atomic E-state index is 0.0562. The third-order valence-corrected chi connectivity index (χ3v) is 9.17. The molecule has 12 heteroatoms. The lowest BCUT2D eigenvalue weighted by Crippen LogP contribution is -2.52. The molecular formula is C33H42ClN3O7S. The van der Waals surface area contributed by atoms with E-state index in [9.17, 15) is 18.0 Å². The Morgan fingerprint density at radius 3 is 2.09 bits per heavy atom. The number of halogens is 1. The van der Waals surface area contributed by atoms with Crippen molar-refractivity contribution >= 4 is 39.1 Å². The Hall–Kier alpha value is -3.96. The van der Waals surface area contributed by atoms with Crippen molar-refractivity contribution in [2.24, 2.45) is 5.92 Å². The van der Waals surface area contributed by atoms with Crippen LogP contribution in [0.4, 0.5) is 5.69 Å². The smallest absolute Gasteiger partial charge is 0.265 e. The number of nitrogens with zero attached hydrogens (tertiary/aromatic N) is 2. The predicted molar refractivity (Wildman–Crippen MR) is 176 cm³/mol. The van der Waals surface area contributed by atoms with Gasteiger partial charge in [0.15, 0.2) is 11.5 Å². The van der Waals surface area contributed by atoms with Crippen molar-refractivity contribution in [1.29, 1.82) is 0 Å². The van der Waals surface area contributed by atoms with Crippen LogP contribution >= 0.6 is 11.6 Å². The number of carbonyl (C=O) groups is 2. The molecule has 0 saturated carbocycles. The Kier molecular flexibility index (Phi) is 12.5. The van der Waals surface area contributed by atoms with E-state index < -0.39 is 28.5 Å². The number of rotatable bonds is 15. The van der Waals surface area contributed by atoms with Crippen LogP contribution in [0.15, 0.2) is 65.6 Å². The average molecular weight is 660 g/mol. The highest BCUT2D eigenvalue weighted by Crippen LogP contribution is 2.37. The number of aryl methyl sites for hydroxylation is 1. The van der Waals surface area contributed by atoms with Gasteiger partial charge in [0.25, 0.3) is 10.0 Å². The van der Waals surface area contributed by atoms with Crippen molar-refractivity contribution in [2.75, 3.05) is 38.7 Å². The molecule has 0 aromatic heterocycles. The molecule has 3 aromatic carbocycles. The van der Waals surface area contributed by atoms with Crippen molar-refractivity contribution in [3.8, 4) is 17.2 Å². The first-order chi connectivity index (χ1) is 21.4. The third kappa shape index (κ3) is 8.82. The minimum atomic E-state index is -4.43. The molecule has 0 bridgehead atoms. The molecule has 10 nitrogen and oxygen atoms in total. The number of methoxy groups -OCH3 is 3. The summed E-state index contributed by atoms with van der Waals surface area (Å²) in [4.78, 5) is 29.0. The van der Waals surface area contributed by atoms with Gasteiger partial charge in [0.1, 0.15) is 18.3 Å². The van der Waals surface area contributed by atoms with Crippen LogP contribution < -0.4 is 23.8 Å². The molecule has 1 atom stereocenters. The van der Waals surface area contributed by atoms with Gasteiger partial charge in [-0.1, -0.05) is 62.2 Å². The zero-order valence-electron chi connectivity index (χ0n) is 26.8. The summed E-state index contributed by atoms with van der Waals surface area (Å²) in [7, 11) is -0.198. The monoisotopic (exact) mass is 659 g/mol. The molecule has 3 rings (SSSR count). The minimum Gasteiger partial charge on any atom is -0.495 e. The topological polar surface area (TPSA) is 114 Å². The van der Waals surface area contributed by atoms with Crippen LogP contribution in [0.2, 0.25) is 5.02 Å². The second kappa shape index (κ2) is 15.9. The van der Waals surface area contributed by atoms with Gasteiger partial charge in [-0.05, 0) is 55.2 Å². The summed E-state index contributed by atoms with van der Waals surface area (Å²) in [5, 5.41) is 3.16. The number of amides is 2. The zero-order valence-corrected chi connectivity index (χ0v) is 28.4. The summed E-state index contributed by atoms with van der Waals surface area (Å²) in [5.74, 6) is 0.00124. The first-order valence-electron chi connectivity index (χ1n) is 14.6. The summed E-state index contributed by atoms with van der Waals surface area (Å²) in [6.45, 7) is 7.60. The third-order valence-electron chi connectivity index (χ3n) is 7.18. The van der Waals surface area contributed by atoms with Gasteiger partial charge in [0.05, 0.1) is 31.9 Å². The lowest BCUT2D eigenvalue weighted by molar-refractivity contribution is -0.140. The van der Waals surface area contributed by atoms with E-state index in [0.29, 0.717) is 18.7 Å². The predicted octanol–water partition coefficient (Wildman–Crippen LogP) is 5.45. The molecule has 0 unspecified atom stereocenters. The molecule has 244 valence electrons. The van der Waals surface area contributed by atoms with Crippen LogP contribution in [0.5, 0.6) is 17.2 Å². The summed E-state index contributed by atoms with van der Waals surface area (Å²) < 4.78 is 45.8. The highest BCUT2D eigenvalue weighted by molar-refractivity contribution is 7.92. The fraction of sp³-hybridized carbons (Fsp3) is 0.394. The van der Waals surface area contributed by atoms with Crippen LogP contribution in [0, 0.1) is 12.8 Å². The number of hydrogen-bond donors (Lipinski definition) is 1. The van der Waals surface area contributed by atoms with Crippen LogP contribution in [0.3, 0.4) is 0 Å². The van der Waals surface area contributed by atoms with E-state index in [1.807, 2.05) is 52.0 Å². The van der Waals surface area contributed by atoms with E-state index in [0.717, 1.165) is 15.4 Å². The molecule has 1 N–H and O–H groups in total. The Morgan fingerprint density at radius 2 is 1.51 bits per heavy atom. The molecule has 0 saturated heterocycles. The van der Waals surface area contributed by atoms with Crippen LogP contribution in [0.25, 0.3) is 0 Å². The SMILES string of the molecule is CC[C@@H](C(=O)NCC(C)C)N(Cc1ccc(C)cc1)C(=O)CN(c1cc(Cl)ccc1OC)S(=O)(=O)c1ccc(OC)c(OC)c1. The molecule has 45 heavy (non-hydrogen) atoms. The lowest BCUT2D eigenvalue weighted by Gasteiger charge is -2.33. The highest BCUT2D eigenvalue weighted by Gasteiger charge is 2.35. The maximum Gasteiger partial charge on any atom is 0.265 e. The Balaban J connectivity index is 2.16. The Morgan fingerprint density at radius 1 is 0.889 bits per heavy atom. The standard InChI is InChI=1S/C33H42ClN3O7S/c1-8-27(33(39)35-19-22(2)3)36(20-24-11-9-23(4)10-12-24)32(38)21-37(28-17-25(34)13-15-29(28)42-5)45(40,41)26-14-16-30(43-6)31(18-26)44-7/h9-18,22,27H,8,19-21H2,1-7H3,(H,35,39)/t27-/m0/s1. The summed E-state index contributed by atoms with van der Waals surface area (Å²) in [6, 6.07) is 15.4. The van der Waals surface area contributed by atoms with Gasteiger partial charge in [-0.2, -0.15) is 0 Å². The van der Waals surface area contributed by atoms with Gasteiger partial charge < -0.3 is 24.4 Å². The van der Waals surface area contributed by atoms with Crippen molar-refractivity contribution in [1.82, 2.24) is 10.2 Å². The molecule has 0 heterocycles. The fourth-order valence-corrected chi connectivity index (χ4v) is 6.31. The molecular weight excluding hydrogens is 618 g/mol. The van der Waals surface area contributed by atoms with Crippen LogP contribution in [-0.4, -0.2) is 65.6 Å². The van der Waals surface area contributed by atoms with E-state index in [4.69, 9.17) is 25.8 Å². The Bertz CT molecular complexity index is 1580. The van der Waals surface area contributed by atoms with Crippen LogP contribution in [0.1, 0.15) is 38.3 Å². The molecule has 0 fully saturated rings. The maximum atomic E-state index is 14.4. The number of nitrogens with one attached hydrogen (secondary N) is 1. The quantitative estimate of drug-likeness (QED) is 0.231. The molecule has 0 radical (unpaired) electrons. The van der Waals surface area contributed by atoms with Crippen molar-refractivity contribution in [3.63, 3.8) is 0 Å². The first-order valence-corrected chi connectivity index (χ1v) is 16.4. The molecule has 0 aliphatic carbocycles. The second-order valence-corrected chi connectivity index (χ2v) is 13.2. The fourth-order valence-electron chi connectivity index (χ4n) is 4.71. The van der Waals surface area contributed by atoms with E-state index >= 15 is 0 Å². The van der Waals surface area contributed by atoms with Gasteiger partial charge in [0.2, 0.25) is 11.8 Å². The van der Waals surface area contributed by atoms with E-state index in [1.54, 1.807) is 6.07 Å². The number of hydrogen-bond acceptors (Lipinski definition) is 7. The first kappa shape index (κ1) is 35.5. The van der Waals surface area contributed by atoms with Gasteiger partial charge in [0, 0.05) is 24.2 Å². The Labute approximate surface area is 271 Å².